The van der Waals surface area contributed by atoms with Crippen LogP contribution in [-0.2, 0) is 9.47 Å². The first-order valence-corrected chi connectivity index (χ1v) is 18.7. The molecule has 5 aromatic rings. The lowest BCUT2D eigenvalue weighted by Gasteiger charge is -2.35. The molecule has 0 saturated carbocycles. The van der Waals surface area contributed by atoms with Crippen LogP contribution in [0.3, 0.4) is 0 Å². The number of carbonyl (C=O) groups is 2. The highest BCUT2D eigenvalue weighted by molar-refractivity contribution is 6.30. The van der Waals surface area contributed by atoms with E-state index in [4.69, 9.17) is 38.4 Å². The molecule has 5 aromatic heterocycles. The van der Waals surface area contributed by atoms with Gasteiger partial charge in [0.15, 0.2) is 0 Å². The van der Waals surface area contributed by atoms with Crippen LogP contribution in [0.25, 0.3) is 33.1 Å². The summed E-state index contributed by atoms with van der Waals surface area (Å²) in [5.41, 5.74) is 9.83. The number of fused-ring (bicyclic) bond motifs is 4. The van der Waals surface area contributed by atoms with Gasteiger partial charge in [0, 0.05) is 32.2 Å². The molecule has 2 unspecified atom stereocenters. The smallest absolute Gasteiger partial charge is 0.410 e. The maximum absolute atomic E-state index is 12.8. The Hall–Kier alpha value is -4.89. The third-order valence-electron chi connectivity index (χ3n) is 8.90. The maximum Gasteiger partial charge on any atom is 0.410 e. The van der Waals surface area contributed by atoms with Crippen LogP contribution in [0.2, 0.25) is 10.3 Å². The second-order valence-corrected chi connectivity index (χ2v) is 16.3. The minimum Gasteiger partial charge on any atom is -0.444 e. The molecule has 0 radical (unpaired) electrons. The number of nitrogen functional groups attached to an aromatic ring is 1. The fourth-order valence-corrected chi connectivity index (χ4v) is 6.94. The third-order valence-corrected chi connectivity index (χ3v) is 9.32. The van der Waals surface area contributed by atoms with Crippen LogP contribution >= 0.6 is 23.2 Å². The average Bonchev–Trinajstić information content (AvgIpc) is 3.45. The molecule has 4 N–H and O–H groups in total. The van der Waals surface area contributed by atoms with Crippen molar-refractivity contribution in [1.82, 2.24) is 39.3 Å². The lowest BCUT2D eigenvalue weighted by molar-refractivity contribution is 0.0170. The van der Waals surface area contributed by atoms with E-state index in [2.05, 4.69) is 30.2 Å². The second-order valence-electron chi connectivity index (χ2n) is 15.5. The molecule has 2 atom stereocenters. The van der Waals surface area contributed by atoms with Gasteiger partial charge in [-0.1, -0.05) is 23.2 Å². The molecule has 2 aliphatic rings. The Balaban J connectivity index is 0.000000185. The summed E-state index contributed by atoms with van der Waals surface area (Å²) in [6.45, 7) is 13.3. The molecule has 17 heteroatoms. The number of hydrogen-bond acceptors (Lipinski definition) is 11. The molecule has 2 saturated heterocycles. The molecule has 2 amide bonds. The summed E-state index contributed by atoms with van der Waals surface area (Å²) >= 11 is 12.1. The zero-order valence-corrected chi connectivity index (χ0v) is 32.8. The van der Waals surface area contributed by atoms with Crippen molar-refractivity contribution in [3.63, 3.8) is 0 Å². The topological polar surface area (TPSA) is 186 Å². The standard InChI is InChI=1S/C19H22ClN5O3.C18H24ClN5O2/c1-19(2,3)28-18(27)24-8-4-5-11(10-24)25-16-13(22-17(25)26)9-21-12-6-7-14(20)23-15(12)16;1-18(2,3)26-17(25)24-8-4-5-11(10-24)22-15-12(20)9-21-13-6-7-14(19)23-16(13)15/h6-7,9,11H,4-5,8,10H2,1-3H3,(H,22,26);6-7,9,11H,4-5,8,10,20H2,1-3H3,(H,21,22). The molecular weight excluding hydrogens is 735 g/mol. The van der Waals surface area contributed by atoms with Gasteiger partial charge in [0.2, 0.25) is 0 Å². The summed E-state index contributed by atoms with van der Waals surface area (Å²) < 4.78 is 12.7. The van der Waals surface area contributed by atoms with E-state index in [9.17, 15) is 14.4 Å². The van der Waals surface area contributed by atoms with E-state index in [-0.39, 0.29) is 30.0 Å². The van der Waals surface area contributed by atoms with Gasteiger partial charge in [-0.3, -0.25) is 14.5 Å². The number of aromatic amines is 1. The predicted octanol–water partition coefficient (Wildman–Crippen LogP) is 7.18. The van der Waals surface area contributed by atoms with Gasteiger partial charge in [-0.15, -0.1) is 0 Å². The van der Waals surface area contributed by atoms with Crippen molar-refractivity contribution in [2.75, 3.05) is 37.2 Å². The Bertz CT molecular complexity index is 2240. The Morgan fingerprint density at radius 3 is 2.02 bits per heavy atom. The molecule has 7 heterocycles. The number of hydrogen-bond donors (Lipinski definition) is 3. The Morgan fingerprint density at radius 1 is 0.833 bits per heavy atom. The molecular formula is C37H46Cl2N10O5. The summed E-state index contributed by atoms with van der Waals surface area (Å²) in [4.78, 5) is 61.2. The summed E-state index contributed by atoms with van der Waals surface area (Å²) in [5.74, 6) is 0. The second kappa shape index (κ2) is 15.5. The summed E-state index contributed by atoms with van der Waals surface area (Å²) in [6.07, 6.45) is 5.93. The number of amides is 2. The van der Waals surface area contributed by atoms with Gasteiger partial charge >= 0.3 is 17.9 Å². The molecule has 15 nitrogen and oxygen atoms in total. The highest BCUT2D eigenvalue weighted by Crippen LogP contribution is 2.31. The normalized spacial score (nSPS) is 18.0. The highest BCUT2D eigenvalue weighted by Gasteiger charge is 2.31. The number of ether oxygens (including phenoxy) is 2. The highest BCUT2D eigenvalue weighted by atomic mass is 35.5. The first-order valence-electron chi connectivity index (χ1n) is 17.9. The quantitative estimate of drug-likeness (QED) is 0.158. The van der Waals surface area contributed by atoms with Crippen molar-refractivity contribution < 1.29 is 19.1 Å². The molecule has 0 aliphatic carbocycles. The first-order chi connectivity index (χ1) is 25.5. The van der Waals surface area contributed by atoms with Crippen molar-refractivity contribution in [2.24, 2.45) is 0 Å². The number of nitrogens with one attached hydrogen (secondary N) is 2. The molecule has 54 heavy (non-hydrogen) atoms. The van der Waals surface area contributed by atoms with Crippen molar-refractivity contribution in [2.45, 2.75) is 90.5 Å². The van der Waals surface area contributed by atoms with Crippen molar-refractivity contribution >= 4 is 79.9 Å². The van der Waals surface area contributed by atoms with E-state index in [0.717, 1.165) is 25.7 Å². The zero-order chi connectivity index (χ0) is 38.9. The molecule has 0 bridgehead atoms. The number of aromatic nitrogens is 6. The zero-order valence-electron chi connectivity index (χ0n) is 31.3. The lowest BCUT2D eigenvalue weighted by atomic mass is 10.1. The number of pyridine rings is 4. The number of carbonyl (C=O) groups excluding carboxylic acids is 2. The van der Waals surface area contributed by atoms with Gasteiger partial charge in [-0.2, -0.15) is 0 Å². The van der Waals surface area contributed by atoms with E-state index in [1.165, 1.54) is 0 Å². The largest absolute Gasteiger partial charge is 0.444 e. The molecule has 7 rings (SSSR count). The lowest BCUT2D eigenvalue weighted by Crippen LogP contribution is -2.47. The number of anilines is 2. The number of halogens is 2. The van der Waals surface area contributed by atoms with E-state index < -0.39 is 11.2 Å². The first kappa shape index (κ1) is 38.8. The van der Waals surface area contributed by atoms with Gasteiger partial charge in [0.25, 0.3) is 0 Å². The van der Waals surface area contributed by atoms with Crippen LogP contribution in [0.15, 0.2) is 41.5 Å². The van der Waals surface area contributed by atoms with Gasteiger partial charge < -0.3 is 35.3 Å². The van der Waals surface area contributed by atoms with Crippen molar-refractivity contribution in [1.29, 1.82) is 0 Å². The number of rotatable bonds is 3. The Labute approximate surface area is 322 Å². The van der Waals surface area contributed by atoms with Gasteiger partial charge in [0.05, 0.1) is 51.9 Å². The maximum atomic E-state index is 12.8. The summed E-state index contributed by atoms with van der Waals surface area (Å²) in [6, 6.07) is 6.81. The predicted molar refractivity (Wildman–Crippen MR) is 210 cm³/mol. The van der Waals surface area contributed by atoms with Crippen LogP contribution in [0.1, 0.15) is 73.3 Å². The van der Waals surface area contributed by atoms with Crippen molar-refractivity contribution in [3.05, 3.63) is 57.4 Å². The molecule has 2 fully saturated rings. The molecule has 0 aromatic carbocycles. The van der Waals surface area contributed by atoms with Crippen molar-refractivity contribution in [3.8, 4) is 0 Å². The van der Waals surface area contributed by atoms with Crippen LogP contribution in [0.5, 0.6) is 0 Å². The van der Waals surface area contributed by atoms with Crippen LogP contribution in [0, 0.1) is 0 Å². The van der Waals surface area contributed by atoms with Crippen LogP contribution in [-0.4, -0.2) is 94.9 Å². The Morgan fingerprint density at radius 2 is 1.39 bits per heavy atom. The number of nitrogens with two attached hydrogens (primary N) is 1. The van der Waals surface area contributed by atoms with E-state index >= 15 is 0 Å². The summed E-state index contributed by atoms with van der Waals surface area (Å²) in [7, 11) is 0. The number of H-pyrrole nitrogens is 1. The van der Waals surface area contributed by atoms with E-state index in [1.54, 1.807) is 45.0 Å². The number of imidazole rings is 1. The van der Waals surface area contributed by atoms with Gasteiger partial charge in [-0.05, 0) is 91.5 Å². The third kappa shape index (κ3) is 9.07. The summed E-state index contributed by atoms with van der Waals surface area (Å²) in [5, 5.41) is 4.15. The fraction of sp³-hybridized carbons (Fsp3) is 0.486. The minimum absolute atomic E-state index is 0.0462. The van der Waals surface area contributed by atoms with Gasteiger partial charge in [0.1, 0.15) is 32.5 Å². The SMILES string of the molecule is CC(C)(C)OC(=O)N1CCCC(Nc2c(N)cnc3ccc(Cl)nc23)C1.CC(C)(C)OC(=O)N1CCCC(n2c(=O)[nH]c3cnc4ccc(Cl)nc4c32)C1. The van der Waals surface area contributed by atoms with E-state index in [0.29, 0.717) is 81.0 Å². The Kier molecular flexibility index (Phi) is 11.1. The van der Waals surface area contributed by atoms with E-state index in [1.807, 2.05) is 47.6 Å². The average molecular weight is 782 g/mol. The number of nitrogens with zero attached hydrogens (tertiary/aromatic N) is 7. The molecule has 0 spiro atoms. The van der Waals surface area contributed by atoms with Crippen LogP contribution in [0.4, 0.5) is 21.0 Å². The molecule has 2 aliphatic heterocycles. The van der Waals surface area contributed by atoms with Gasteiger partial charge in [-0.25, -0.2) is 24.4 Å². The fourth-order valence-electron chi connectivity index (χ4n) is 6.65. The number of likely N-dealkylation sites (tertiary alicyclic amines) is 2. The molecule has 288 valence electrons. The van der Waals surface area contributed by atoms with Crippen LogP contribution < -0.4 is 16.7 Å². The monoisotopic (exact) mass is 780 g/mol. The minimum atomic E-state index is -0.565. The number of piperidine rings is 2.